The molecule has 1 rings (SSSR count). The molecule has 15 heavy (non-hydrogen) atoms. The maximum absolute atomic E-state index is 5.94. The Morgan fingerprint density at radius 2 is 2.20 bits per heavy atom. The Labute approximate surface area is 96.4 Å². The van der Waals surface area contributed by atoms with Crippen molar-refractivity contribution in [2.75, 3.05) is 7.11 Å². The first kappa shape index (κ1) is 12.3. The molecular formula is C12H18ClNO. The van der Waals surface area contributed by atoms with Crippen LogP contribution in [0.2, 0.25) is 5.02 Å². The number of benzene rings is 1. The van der Waals surface area contributed by atoms with Gasteiger partial charge in [0.15, 0.2) is 0 Å². The Balaban J connectivity index is 2.62. The minimum absolute atomic E-state index is 0.259. The maximum Gasteiger partial charge on any atom is 0.122 e. The molecule has 0 radical (unpaired) electrons. The van der Waals surface area contributed by atoms with E-state index in [0.717, 1.165) is 35.6 Å². The first-order valence-electron chi connectivity index (χ1n) is 5.21. The second-order valence-corrected chi connectivity index (χ2v) is 4.26. The van der Waals surface area contributed by atoms with Crippen LogP contribution in [0.1, 0.15) is 25.3 Å². The Kier molecular flexibility index (Phi) is 4.92. The van der Waals surface area contributed by atoms with E-state index < -0.39 is 0 Å². The molecule has 1 aromatic rings. The van der Waals surface area contributed by atoms with E-state index in [1.807, 2.05) is 25.1 Å². The van der Waals surface area contributed by atoms with Crippen molar-refractivity contribution in [1.82, 2.24) is 0 Å². The molecule has 2 N–H and O–H groups in total. The lowest BCUT2D eigenvalue weighted by atomic mass is 10.0. The molecule has 0 amide bonds. The maximum atomic E-state index is 5.94. The van der Waals surface area contributed by atoms with Gasteiger partial charge in [0.1, 0.15) is 5.75 Å². The summed E-state index contributed by atoms with van der Waals surface area (Å²) in [6.07, 6.45) is 3.05. The van der Waals surface area contributed by atoms with Gasteiger partial charge in [0, 0.05) is 11.1 Å². The van der Waals surface area contributed by atoms with Gasteiger partial charge in [-0.25, -0.2) is 0 Å². The summed E-state index contributed by atoms with van der Waals surface area (Å²) in [5.74, 6) is 0.907. The van der Waals surface area contributed by atoms with E-state index >= 15 is 0 Å². The van der Waals surface area contributed by atoms with Crippen LogP contribution in [0.4, 0.5) is 0 Å². The lowest BCUT2D eigenvalue weighted by molar-refractivity contribution is 0.408. The number of nitrogens with two attached hydrogens (primary N) is 1. The smallest absolute Gasteiger partial charge is 0.122 e. The van der Waals surface area contributed by atoms with Gasteiger partial charge in [-0.3, -0.25) is 0 Å². The summed E-state index contributed by atoms with van der Waals surface area (Å²) < 4.78 is 5.27. The SMILES string of the molecule is COc1ccc(Cl)cc1CCCC(C)N. The second-order valence-electron chi connectivity index (χ2n) is 3.83. The van der Waals surface area contributed by atoms with Crippen LogP contribution < -0.4 is 10.5 Å². The van der Waals surface area contributed by atoms with Gasteiger partial charge < -0.3 is 10.5 Å². The topological polar surface area (TPSA) is 35.2 Å². The highest BCUT2D eigenvalue weighted by atomic mass is 35.5. The lowest BCUT2D eigenvalue weighted by Crippen LogP contribution is -2.14. The zero-order valence-electron chi connectivity index (χ0n) is 9.29. The van der Waals surface area contributed by atoms with Gasteiger partial charge in [-0.1, -0.05) is 11.6 Å². The van der Waals surface area contributed by atoms with Crippen molar-refractivity contribution in [2.24, 2.45) is 5.73 Å². The molecule has 0 saturated heterocycles. The number of methoxy groups -OCH3 is 1. The van der Waals surface area contributed by atoms with Crippen LogP contribution in [0.3, 0.4) is 0 Å². The molecule has 3 heteroatoms. The van der Waals surface area contributed by atoms with Gasteiger partial charge in [-0.05, 0) is 49.9 Å². The summed E-state index contributed by atoms with van der Waals surface area (Å²) in [6.45, 7) is 2.02. The van der Waals surface area contributed by atoms with Crippen LogP contribution in [0.5, 0.6) is 5.75 Å². The first-order valence-corrected chi connectivity index (χ1v) is 5.59. The van der Waals surface area contributed by atoms with Crippen LogP contribution in [0.15, 0.2) is 18.2 Å². The standard InChI is InChI=1S/C12H18ClNO/c1-9(14)4-3-5-10-8-11(13)6-7-12(10)15-2/h6-9H,3-5,14H2,1-2H3. The normalized spacial score (nSPS) is 12.5. The molecule has 1 aromatic carbocycles. The zero-order valence-corrected chi connectivity index (χ0v) is 10.1. The average Bonchev–Trinajstić information content (AvgIpc) is 2.17. The summed E-state index contributed by atoms with van der Waals surface area (Å²) in [6, 6.07) is 5.97. The number of halogens is 1. The molecule has 0 aromatic heterocycles. The predicted molar refractivity (Wildman–Crippen MR) is 64.6 cm³/mol. The number of hydrogen-bond acceptors (Lipinski definition) is 2. The van der Waals surface area contributed by atoms with E-state index in [2.05, 4.69) is 0 Å². The van der Waals surface area contributed by atoms with Crippen molar-refractivity contribution in [3.63, 3.8) is 0 Å². The molecule has 0 aliphatic rings. The van der Waals surface area contributed by atoms with Crippen LogP contribution in [-0.4, -0.2) is 13.2 Å². The van der Waals surface area contributed by atoms with Crippen molar-refractivity contribution in [3.05, 3.63) is 28.8 Å². The van der Waals surface area contributed by atoms with Gasteiger partial charge in [0.05, 0.1) is 7.11 Å². The molecule has 0 spiro atoms. The van der Waals surface area contributed by atoms with Gasteiger partial charge >= 0.3 is 0 Å². The van der Waals surface area contributed by atoms with Crippen LogP contribution in [-0.2, 0) is 6.42 Å². The van der Waals surface area contributed by atoms with E-state index in [9.17, 15) is 0 Å². The molecule has 84 valence electrons. The molecule has 0 aliphatic carbocycles. The summed E-state index contributed by atoms with van der Waals surface area (Å²) >= 11 is 5.94. The fourth-order valence-corrected chi connectivity index (χ4v) is 1.75. The Morgan fingerprint density at radius 1 is 1.47 bits per heavy atom. The summed E-state index contributed by atoms with van der Waals surface area (Å²) in [5, 5.41) is 0.756. The predicted octanol–water partition coefficient (Wildman–Crippen LogP) is 3.02. The second kappa shape index (κ2) is 5.99. The average molecular weight is 228 g/mol. The highest BCUT2D eigenvalue weighted by Gasteiger charge is 2.04. The molecule has 1 atom stereocenters. The fraction of sp³-hybridized carbons (Fsp3) is 0.500. The third-order valence-corrected chi connectivity index (χ3v) is 2.58. The van der Waals surface area contributed by atoms with E-state index in [4.69, 9.17) is 22.1 Å². The van der Waals surface area contributed by atoms with Gasteiger partial charge in [0.25, 0.3) is 0 Å². The molecule has 0 bridgehead atoms. The lowest BCUT2D eigenvalue weighted by Gasteiger charge is -2.09. The largest absolute Gasteiger partial charge is 0.496 e. The molecule has 0 saturated carbocycles. The number of rotatable bonds is 5. The molecule has 0 fully saturated rings. The van der Waals surface area contributed by atoms with E-state index in [1.54, 1.807) is 7.11 Å². The highest BCUT2D eigenvalue weighted by molar-refractivity contribution is 6.30. The summed E-state index contributed by atoms with van der Waals surface area (Å²) in [5.41, 5.74) is 6.86. The minimum Gasteiger partial charge on any atom is -0.496 e. The van der Waals surface area contributed by atoms with E-state index in [0.29, 0.717) is 0 Å². The van der Waals surface area contributed by atoms with Crippen molar-refractivity contribution < 1.29 is 4.74 Å². The Morgan fingerprint density at radius 3 is 2.80 bits per heavy atom. The van der Waals surface area contributed by atoms with Crippen LogP contribution in [0.25, 0.3) is 0 Å². The molecule has 0 aliphatic heterocycles. The number of aryl methyl sites for hydroxylation is 1. The Hall–Kier alpha value is -0.730. The van der Waals surface area contributed by atoms with Gasteiger partial charge in [-0.15, -0.1) is 0 Å². The van der Waals surface area contributed by atoms with E-state index in [1.165, 1.54) is 0 Å². The van der Waals surface area contributed by atoms with Crippen molar-refractivity contribution in [2.45, 2.75) is 32.2 Å². The number of hydrogen-bond donors (Lipinski definition) is 1. The summed E-state index contributed by atoms with van der Waals surface area (Å²) in [7, 11) is 1.68. The molecular weight excluding hydrogens is 210 g/mol. The summed E-state index contributed by atoms with van der Waals surface area (Å²) in [4.78, 5) is 0. The van der Waals surface area contributed by atoms with Crippen molar-refractivity contribution >= 4 is 11.6 Å². The first-order chi connectivity index (χ1) is 7.13. The van der Waals surface area contributed by atoms with Crippen molar-refractivity contribution in [3.8, 4) is 5.75 Å². The quantitative estimate of drug-likeness (QED) is 0.839. The van der Waals surface area contributed by atoms with Crippen molar-refractivity contribution in [1.29, 1.82) is 0 Å². The molecule has 2 nitrogen and oxygen atoms in total. The fourth-order valence-electron chi connectivity index (χ4n) is 1.56. The zero-order chi connectivity index (χ0) is 11.3. The van der Waals surface area contributed by atoms with Crippen LogP contribution in [0, 0.1) is 0 Å². The molecule has 1 unspecified atom stereocenters. The van der Waals surface area contributed by atoms with Gasteiger partial charge in [-0.2, -0.15) is 0 Å². The number of ether oxygens (including phenoxy) is 1. The third kappa shape index (κ3) is 4.10. The van der Waals surface area contributed by atoms with Gasteiger partial charge in [0.2, 0.25) is 0 Å². The van der Waals surface area contributed by atoms with Crippen LogP contribution >= 0.6 is 11.6 Å². The minimum atomic E-state index is 0.259. The monoisotopic (exact) mass is 227 g/mol. The highest BCUT2D eigenvalue weighted by Crippen LogP contribution is 2.24. The third-order valence-electron chi connectivity index (χ3n) is 2.35. The Bertz CT molecular complexity index is 312. The van der Waals surface area contributed by atoms with E-state index in [-0.39, 0.29) is 6.04 Å². The molecule has 0 heterocycles.